The van der Waals surface area contributed by atoms with E-state index in [0.29, 0.717) is 40.9 Å². The first-order valence-electron chi connectivity index (χ1n) is 7.86. The fourth-order valence-electron chi connectivity index (χ4n) is 3.64. The van der Waals surface area contributed by atoms with Crippen LogP contribution in [0.4, 0.5) is 0 Å². The first kappa shape index (κ1) is 16.7. The van der Waals surface area contributed by atoms with Crippen molar-refractivity contribution in [2.24, 2.45) is 11.8 Å². The Morgan fingerprint density at radius 2 is 1.82 bits per heavy atom. The summed E-state index contributed by atoms with van der Waals surface area (Å²) in [5.74, 6) is 0.880. The van der Waals surface area contributed by atoms with Crippen LogP contribution in [0.15, 0.2) is 0 Å². The van der Waals surface area contributed by atoms with Crippen LogP contribution >= 0.6 is 0 Å². The van der Waals surface area contributed by atoms with E-state index in [1.54, 1.807) is 13.8 Å². The number of aromatic amines is 1. The number of nitrogens with one attached hydrogen (secondary N) is 1. The minimum Gasteiger partial charge on any atom is -0.465 e. The van der Waals surface area contributed by atoms with Crippen LogP contribution in [0.5, 0.6) is 0 Å². The molecule has 5 nitrogen and oxygen atoms in total. The highest BCUT2D eigenvalue weighted by molar-refractivity contribution is 6.02. The lowest BCUT2D eigenvalue weighted by molar-refractivity contribution is 0.0599. The number of ether oxygens (including phenoxy) is 1. The Hall–Kier alpha value is -1.62. The molecule has 0 aromatic carbocycles. The van der Waals surface area contributed by atoms with Gasteiger partial charge in [-0.1, -0.05) is 13.8 Å². The van der Waals surface area contributed by atoms with Gasteiger partial charge in [0, 0.05) is 18.8 Å². The van der Waals surface area contributed by atoms with Crippen molar-refractivity contribution in [3.05, 3.63) is 22.5 Å². The van der Waals surface area contributed by atoms with Crippen LogP contribution in [-0.2, 0) is 4.74 Å². The minimum absolute atomic E-state index is 0.0389. The molecular formula is C17H26N2O3. The number of carbonyl (C=O) groups excluding carboxylic acids is 2. The number of aromatic nitrogens is 1. The Morgan fingerprint density at radius 1 is 1.23 bits per heavy atom. The zero-order valence-corrected chi connectivity index (χ0v) is 14.2. The molecule has 22 heavy (non-hydrogen) atoms. The fourth-order valence-corrected chi connectivity index (χ4v) is 3.64. The summed E-state index contributed by atoms with van der Waals surface area (Å²) in [5, 5.41) is 0. The number of likely N-dealkylation sites (tertiary alicyclic amines) is 1. The summed E-state index contributed by atoms with van der Waals surface area (Å²) in [6.45, 7) is 10.4. The largest absolute Gasteiger partial charge is 0.465 e. The van der Waals surface area contributed by atoms with Crippen molar-refractivity contribution in [2.45, 2.75) is 34.1 Å². The van der Waals surface area contributed by atoms with Gasteiger partial charge in [-0.3, -0.25) is 9.69 Å². The predicted octanol–water partition coefficient (Wildman–Crippen LogP) is 2.58. The molecule has 1 aromatic rings. The van der Waals surface area contributed by atoms with Crippen LogP contribution in [0.25, 0.3) is 0 Å². The van der Waals surface area contributed by atoms with Gasteiger partial charge in [-0.15, -0.1) is 0 Å². The third-order valence-corrected chi connectivity index (χ3v) is 4.42. The molecule has 122 valence electrons. The van der Waals surface area contributed by atoms with E-state index in [4.69, 9.17) is 4.74 Å². The minimum atomic E-state index is -0.398. The molecule has 2 rings (SSSR count). The van der Waals surface area contributed by atoms with Gasteiger partial charge in [-0.05, 0) is 37.7 Å². The van der Waals surface area contributed by atoms with Gasteiger partial charge in [-0.2, -0.15) is 0 Å². The Bertz CT molecular complexity index is 567. The Morgan fingerprint density at radius 3 is 2.36 bits per heavy atom. The summed E-state index contributed by atoms with van der Waals surface area (Å²) in [6.07, 6.45) is 1.22. The lowest BCUT2D eigenvalue weighted by Gasteiger charge is -2.34. The Balaban J connectivity index is 2.15. The number of nitrogens with zero attached hydrogens (tertiary/aromatic N) is 1. The molecule has 0 aliphatic carbocycles. The van der Waals surface area contributed by atoms with Crippen LogP contribution < -0.4 is 0 Å². The lowest BCUT2D eigenvalue weighted by atomic mass is 9.91. The number of ketones is 1. The molecule has 5 heteroatoms. The molecule has 1 saturated heterocycles. The van der Waals surface area contributed by atoms with Gasteiger partial charge in [0.05, 0.1) is 24.9 Å². The van der Waals surface area contributed by atoms with Crippen molar-refractivity contribution < 1.29 is 14.3 Å². The zero-order valence-electron chi connectivity index (χ0n) is 14.2. The third kappa shape index (κ3) is 3.40. The number of rotatable bonds is 4. The number of hydrogen-bond donors (Lipinski definition) is 1. The lowest BCUT2D eigenvalue weighted by Crippen LogP contribution is -2.41. The maximum atomic E-state index is 12.6. The summed E-state index contributed by atoms with van der Waals surface area (Å²) in [7, 11) is 1.35. The zero-order chi connectivity index (χ0) is 16.4. The highest BCUT2D eigenvalue weighted by Crippen LogP contribution is 2.23. The van der Waals surface area contributed by atoms with E-state index in [1.165, 1.54) is 13.5 Å². The van der Waals surface area contributed by atoms with Crippen molar-refractivity contribution in [3.63, 3.8) is 0 Å². The number of hydrogen-bond acceptors (Lipinski definition) is 4. The second kappa shape index (κ2) is 6.65. The normalized spacial score (nSPS) is 22.6. The van der Waals surface area contributed by atoms with Crippen LogP contribution in [0, 0.1) is 25.7 Å². The number of H-pyrrole nitrogens is 1. The van der Waals surface area contributed by atoms with E-state index in [0.717, 1.165) is 13.1 Å². The van der Waals surface area contributed by atoms with Crippen molar-refractivity contribution >= 4 is 11.8 Å². The van der Waals surface area contributed by atoms with Crippen LogP contribution in [-0.4, -0.2) is 48.4 Å². The number of carbonyl (C=O) groups is 2. The highest BCUT2D eigenvalue weighted by Gasteiger charge is 2.27. The topological polar surface area (TPSA) is 62.4 Å². The average molecular weight is 306 g/mol. The predicted molar refractivity (Wildman–Crippen MR) is 85.3 cm³/mol. The van der Waals surface area contributed by atoms with E-state index >= 15 is 0 Å². The third-order valence-electron chi connectivity index (χ3n) is 4.42. The number of methoxy groups -OCH3 is 1. The van der Waals surface area contributed by atoms with Gasteiger partial charge < -0.3 is 9.72 Å². The molecule has 0 amide bonds. The molecule has 1 N–H and O–H groups in total. The summed E-state index contributed by atoms with van der Waals surface area (Å²) in [6, 6.07) is 0. The van der Waals surface area contributed by atoms with Crippen molar-refractivity contribution in [1.82, 2.24) is 9.88 Å². The molecule has 0 radical (unpaired) electrons. The highest BCUT2D eigenvalue weighted by atomic mass is 16.5. The molecule has 2 heterocycles. The van der Waals surface area contributed by atoms with Crippen LogP contribution in [0.1, 0.15) is 52.4 Å². The molecule has 1 aliphatic rings. The molecule has 1 fully saturated rings. The summed E-state index contributed by atoms with van der Waals surface area (Å²) >= 11 is 0. The Kier molecular flexibility index (Phi) is 5.06. The molecule has 0 unspecified atom stereocenters. The van der Waals surface area contributed by atoms with Gasteiger partial charge in [-0.25, -0.2) is 4.79 Å². The quantitative estimate of drug-likeness (QED) is 0.686. The maximum Gasteiger partial charge on any atom is 0.339 e. The number of esters is 1. The number of aryl methyl sites for hydroxylation is 1. The van der Waals surface area contributed by atoms with Crippen LogP contribution in [0.2, 0.25) is 0 Å². The van der Waals surface area contributed by atoms with Crippen molar-refractivity contribution in [2.75, 3.05) is 26.7 Å². The SMILES string of the molecule is COC(=O)c1c(C)[nH]c(C(=O)CN2C[C@H](C)C[C@H](C)C2)c1C. The molecule has 2 atom stereocenters. The smallest absolute Gasteiger partial charge is 0.339 e. The Labute approximate surface area is 132 Å². The monoisotopic (exact) mass is 306 g/mol. The number of Topliss-reactive ketones (excluding diaryl/α,β-unsaturated/α-hetero) is 1. The van der Waals surface area contributed by atoms with Crippen LogP contribution in [0.3, 0.4) is 0 Å². The van der Waals surface area contributed by atoms with E-state index in [1.807, 2.05) is 0 Å². The molecule has 0 saturated carbocycles. The average Bonchev–Trinajstić information content (AvgIpc) is 2.72. The molecule has 0 spiro atoms. The van der Waals surface area contributed by atoms with Gasteiger partial charge in [0.2, 0.25) is 0 Å². The first-order valence-corrected chi connectivity index (χ1v) is 7.86. The summed E-state index contributed by atoms with van der Waals surface area (Å²) < 4.78 is 4.79. The van der Waals surface area contributed by atoms with Gasteiger partial charge in [0.15, 0.2) is 5.78 Å². The maximum absolute atomic E-state index is 12.6. The molecule has 1 aromatic heterocycles. The van der Waals surface area contributed by atoms with Crippen molar-refractivity contribution in [1.29, 1.82) is 0 Å². The molecule has 1 aliphatic heterocycles. The molecule has 0 bridgehead atoms. The molecular weight excluding hydrogens is 280 g/mol. The summed E-state index contributed by atoms with van der Waals surface area (Å²) in [4.78, 5) is 29.7. The van der Waals surface area contributed by atoms with Gasteiger partial charge in [0.25, 0.3) is 0 Å². The standard InChI is InChI=1S/C17H26N2O3/c1-10-6-11(2)8-19(7-10)9-14(20)16-12(3)15(13(4)18-16)17(21)22-5/h10-11,18H,6-9H2,1-5H3/t10-,11+. The second-order valence-electron chi connectivity index (χ2n) is 6.68. The van der Waals surface area contributed by atoms with Gasteiger partial charge in [0.1, 0.15) is 0 Å². The second-order valence-corrected chi connectivity index (χ2v) is 6.68. The van der Waals surface area contributed by atoms with E-state index in [-0.39, 0.29) is 5.78 Å². The van der Waals surface area contributed by atoms with Gasteiger partial charge >= 0.3 is 5.97 Å². The number of piperidine rings is 1. The first-order chi connectivity index (χ1) is 10.3. The van der Waals surface area contributed by atoms with E-state index < -0.39 is 5.97 Å². The van der Waals surface area contributed by atoms with Crippen molar-refractivity contribution in [3.8, 4) is 0 Å². The van der Waals surface area contributed by atoms with E-state index in [9.17, 15) is 9.59 Å². The fraction of sp³-hybridized carbons (Fsp3) is 0.647. The van der Waals surface area contributed by atoms with E-state index in [2.05, 4.69) is 23.7 Å². The summed E-state index contributed by atoms with van der Waals surface area (Å²) in [5.41, 5.74) is 2.38.